The van der Waals surface area contributed by atoms with Gasteiger partial charge in [0, 0.05) is 17.1 Å². The van der Waals surface area contributed by atoms with Crippen LogP contribution in [0.25, 0.3) is 77.2 Å². The molecule has 0 aliphatic heterocycles. The summed E-state index contributed by atoms with van der Waals surface area (Å²) in [6.45, 7) is 0. The molecule has 1 aliphatic carbocycles. The van der Waals surface area contributed by atoms with E-state index in [2.05, 4.69) is 290 Å². The van der Waals surface area contributed by atoms with Gasteiger partial charge in [0.1, 0.15) is 0 Å². The summed E-state index contributed by atoms with van der Waals surface area (Å²) in [6, 6.07) is 105. The lowest BCUT2D eigenvalue weighted by atomic mass is 9.67. The molecule has 0 aromatic heterocycles. The normalized spacial score (nSPS) is 13.8. The fraction of sp³-hybridized carbons (Fsp3) is 0.0145. The lowest BCUT2D eigenvalue weighted by Crippen LogP contribution is -2.29. The van der Waals surface area contributed by atoms with Crippen LogP contribution in [-0.4, -0.2) is 0 Å². The molecule has 0 amide bonds. The molecule has 70 heavy (non-hydrogen) atoms. The van der Waals surface area contributed by atoms with Crippen LogP contribution in [0.1, 0.15) is 22.3 Å². The van der Waals surface area contributed by atoms with E-state index in [1.54, 1.807) is 0 Å². The summed E-state index contributed by atoms with van der Waals surface area (Å²) in [5.74, 6) is 0. The van der Waals surface area contributed by atoms with Crippen molar-refractivity contribution in [1.29, 1.82) is 0 Å². The summed E-state index contributed by atoms with van der Waals surface area (Å²) < 4.78 is 0. The Hall–Kier alpha value is -9.04. The summed E-state index contributed by atoms with van der Waals surface area (Å²) in [4.78, 5) is 2.47. The van der Waals surface area contributed by atoms with Crippen LogP contribution < -0.4 is 4.90 Å². The smallest absolute Gasteiger partial charge is 0.0714 e. The molecular formula is C69H47N. The van der Waals surface area contributed by atoms with E-state index in [1.165, 1.54) is 99.4 Å². The average molecular weight is 890 g/mol. The molecule has 328 valence electrons. The van der Waals surface area contributed by atoms with Crippen LogP contribution in [0.4, 0.5) is 17.1 Å². The van der Waals surface area contributed by atoms with E-state index in [1.807, 2.05) is 0 Å². The van der Waals surface area contributed by atoms with Crippen molar-refractivity contribution in [2.24, 2.45) is 0 Å². The molecule has 0 saturated heterocycles. The Kier molecular flexibility index (Phi) is 10.1. The monoisotopic (exact) mass is 889 g/mol. The van der Waals surface area contributed by atoms with Gasteiger partial charge in [-0.25, -0.2) is 0 Å². The molecule has 0 radical (unpaired) electrons. The fourth-order valence-corrected chi connectivity index (χ4v) is 11.4. The number of fused-ring (bicyclic) bond motifs is 5. The maximum absolute atomic E-state index is 2.51. The summed E-state index contributed by atoms with van der Waals surface area (Å²) >= 11 is 0. The molecule has 1 heteroatoms. The van der Waals surface area contributed by atoms with Crippen LogP contribution in [0.5, 0.6) is 0 Å². The Morgan fingerprint density at radius 1 is 0.243 bits per heavy atom. The third-order valence-corrected chi connectivity index (χ3v) is 14.6. The first-order chi connectivity index (χ1) is 34.7. The van der Waals surface area contributed by atoms with E-state index in [0.29, 0.717) is 0 Å². The van der Waals surface area contributed by atoms with E-state index < -0.39 is 5.41 Å². The van der Waals surface area contributed by atoms with Crippen molar-refractivity contribution in [3.63, 3.8) is 0 Å². The summed E-state index contributed by atoms with van der Waals surface area (Å²) in [7, 11) is 0. The SMILES string of the molecule is c1ccc(-c2ccc(N(c3ccc(-c4cccc5ccccc45)cc3)c3cc(-c4cccc5ccccc45)c4c(c3)C(c3ccccc3)(c3ccc(-c5ccccc5)cc3)c3ccccc3-4)cc2)cc1. The van der Waals surface area contributed by atoms with Gasteiger partial charge in [-0.2, -0.15) is 0 Å². The maximum Gasteiger partial charge on any atom is 0.0714 e. The second-order valence-electron chi connectivity index (χ2n) is 18.4. The molecule has 0 fully saturated rings. The van der Waals surface area contributed by atoms with E-state index in [0.717, 1.165) is 17.1 Å². The zero-order valence-electron chi connectivity index (χ0n) is 38.6. The largest absolute Gasteiger partial charge is 0.310 e. The van der Waals surface area contributed by atoms with Crippen molar-refractivity contribution < 1.29 is 0 Å². The topological polar surface area (TPSA) is 3.24 Å². The standard InChI is InChI=1S/C69H47N/c1-4-18-48(19-5-1)50-34-40-56(41-35-50)69(55-26-8-3-9-27-55)66-33-15-14-30-64(66)68-65(63-32-17-25-53-23-11-13-29-62(53)63)46-59(47-67(68)69)70(57-42-36-51(37-43-57)49-20-6-2-7-21-49)58-44-38-54(39-45-58)61-31-16-24-52-22-10-12-28-60(52)61/h1-47H. The first-order valence-corrected chi connectivity index (χ1v) is 24.2. The van der Waals surface area contributed by atoms with Gasteiger partial charge in [-0.3, -0.25) is 0 Å². The summed E-state index contributed by atoms with van der Waals surface area (Å²) in [5, 5.41) is 4.93. The van der Waals surface area contributed by atoms with Gasteiger partial charge in [0.25, 0.3) is 0 Å². The highest BCUT2D eigenvalue weighted by Gasteiger charge is 2.47. The highest BCUT2D eigenvalue weighted by molar-refractivity contribution is 6.06. The third-order valence-electron chi connectivity index (χ3n) is 14.6. The molecule has 1 aliphatic rings. The van der Waals surface area contributed by atoms with Crippen molar-refractivity contribution in [3.05, 3.63) is 307 Å². The van der Waals surface area contributed by atoms with Gasteiger partial charge < -0.3 is 4.90 Å². The van der Waals surface area contributed by atoms with Gasteiger partial charge in [0.15, 0.2) is 0 Å². The zero-order valence-corrected chi connectivity index (χ0v) is 38.6. The maximum atomic E-state index is 2.51. The molecule has 0 bridgehead atoms. The summed E-state index contributed by atoms with van der Waals surface area (Å²) in [6.07, 6.45) is 0. The van der Waals surface area contributed by atoms with E-state index in [-0.39, 0.29) is 0 Å². The van der Waals surface area contributed by atoms with Crippen LogP contribution in [0.2, 0.25) is 0 Å². The number of benzene rings is 12. The van der Waals surface area contributed by atoms with E-state index in [9.17, 15) is 0 Å². The quantitative estimate of drug-likeness (QED) is 0.140. The number of rotatable bonds is 9. The number of nitrogens with zero attached hydrogens (tertiary/aromatic N) is 1. The van der Waals surface area contributed by atoms with Gasteiger partial charge >= 0.3 is 0 Å². The minimum atomic E-state index is -0.654. The highest BCUT2D eigenvalue weighted by atomic mass is 15.1. The third kappa shape index (κ3) is 6.86. The molecule has 1 unspecified atom stereocenters. The molecule has 13 rings (SSSR count). The van der Waals surface area contributed by atoms with Gasteiger partial charge in [0.05, 0.1) is 5.41 Å². The molecule has 0 N–H and O–H groups in total. The second-order valence-corrected chi connectivity index (χ2v) is 18.4. The molecule has 12 aromatic carbocycles. The zero-order chi connectivity index (χ0) is 46.4. The van der Waals surface area contributed by atoms with Gasteiger partial charge in [-0.05, 0) is 136 Å². The first kappa shape index (κ1) is 41.2. The Balaban J connectivity index is 1.10. The molecule has 1 atom stereocenters. The van der Waals surface area contributed by atoms with Crippen molar-refractivity contribution >= 4 is 38.6 Å². The Morgan fingerprint density at radius 3 is 1.29 bits per heavy atom. The van der Waals surface area contributed by atoms with Gasteiger partial charge in [-0.1, -0.05) is 249 Å². The van der Waals surface area contributed by atoms with Crippen molar-refractivity contribution in [1.82, 2.24) is 0 Å². The number of hydrogen-bond acceptors (Lipinski definition) is 1. The minimum absolute atomic E-state index is 0.654. The van der Waals surface area contributed by atoms with Crippen molar-refractivity contribution in [3.8, 4) is 55.6 Å². The Bertz CT molecular complexity index is 3830. The average Bonchev–Trinajstić information content (AvgIpc) is 3.74. The number of hydrogen-bond donors (Lipinski definition) is 0. The lowest BCUT2D eigenvalue weighted by molar-refractivity contribution is 0.768. The molecule has 0 spiro atoms. The Morgan fingerprint density at radius 2 is 0.671 bits per heavy atom. The number of anilines is 3. The minimum Gasteiger partial charge on any atom is -0.310 e. The predicted octanol–water partition coefficient (Wildman–Crippen LogP) is 18.5. The first-order valence-electron chi connectivity index (χ1n) is 24.2. The molecule has 1 nitrogen and oxygen atoms in total. The molecule has 12 aromatic rings. The van der Waals surface area contributed by atoms with E-state index >= 15 is 0 Å². The van der Waals surface area contributed by atoms with Crippen LogP contribution in [0.3, 0.4) is 0 Å². The second kappa shape index (κ2) is 17.2. The van der Waals surface area contributed by atoms with Crippen LogP contribution in [0.15, 0.2) is 285 Å². The Labute approximate surface area is 409 Å². The van der Waals surface area contributed by atoms with Crippen LogP contribution in [-0.2, 0) is 5.41 Å². The predicted molar refractivity (Wildman–Crippen MR) is 295 cm³/mol. The summed E-state index contributed by atoms with van der Waals surface area (Å²) in [5.41, 5.74) is 19.7. The van der Waals surface area contributed by atoms with Crippen molar-refractivity contribution in [2.75, 3.05) is 4.90 Å². The van der Waals surface area contributed by atoms with Gasteiger partial charge in [0.2, 0.25) is 0 Å². The molecular weight excluding hydrogens is 843 g/mol. The highest BCUT2D eigenvalue weighted by Crippen LogP contribution is 2.60. The lowest BCUT2D eigenvalue weighted by Gasteiger charge is -2.35. The fourth-order valence-electron chi connectivity index (χ4n) is 11.4. The molecule has 0 heterocycles. The van der Waals surface area contributed by atoms with E-state index in [4.69, 9.17) is 0 Å². The van der Waals surface area contributed by atoms with Crippen LogP contribution >= 0.6 is 0 Å². The van der Waals surface area contributed by atoms with Crippen molar-refractivity contribution in [2.45, 2.75) is 5.41 Å². The molecule has 0 saturated carbocycles. The van der Waals surface area contributed by atoms with Crippen LogP contribution in [0, 0.1) is 0 Å². The van der Waals surface area contributed by atoms with Gasteiger partial charge in [-0.15, -0.1) is 0 Å².